The van der Waals surface area contributed by atoms with E-state index < -0.39 is 23.9 Å². The van der Waals surface area contributed by atoms with Gasteiger partial charge in [-0.15, -0.1) is 11.3 Å². The summed E-state index contributed by atoms with van der Waals surface area (Å²) >= 11 is 1.39. The number of para-hydroxylation sites is 1. The molecule has 1 aliphatic rings. The quantitative estimate of drug-likeness (QED) is 0.542. The van der Waals surface area contributed by atoms with E-state index in [-0.39, 0.29) is 12.0 Å². The standard InChI is InChI=1S/C24H25N3O5S/c1-4-17(32-23(29)15-6-5-7-16-20(15)26-11-10-25-16)21(28)27-22-19(24(30)31-3)14-9-8-13(2)12-18(14)33-22/h5-7,10-11,13,17H,4,8-9,12H2,1-3H3,(H,27,28). The van der Waals surface area contributed by atoms with Crippen LogP contribution in [0.2, 0.25) is 0 Å². The van der Waals surface area contributed by atoms with Crippen molar-refractivity contribution in [1.82, 2.24) is 9.97 Å². The van der Waals surface area contributed by atoms with E-state index in [0.29, 0.717) is 27.5 Å². The maximum atomic E-state index is 13.1. The molecule has 3 aromatic rings. The third kappa shape index (κ3) is 4.59. The van der Waals surface area contributed by atoms with E-state index in [2.05, 4.69) is 22.2 Å². The highest BCUT2D eigenvalue weighted by Crippen LogP contribution is 2.40. The predicted octanol–water partition coefficient (Wildman–Crippen LogP) is 4.18. The Balaban J connectivity index is 1.56. The van der Waals surface area contributed by atoms with Crippen LogP contribution in [-0.2, 0) is 27.1 Å². The normalized spacial score (nSPS) is 16.0. The van der Waals surface area contributed by atoms with Gasteiger partial charge in [-0.25, -0.2) is 9.59 Å². The minimum atomic E-state index is -1.03. The lowest BCUT2D eigenvalue weighted by atomic mass is 9.88. The summed E-state index contributed by atoms with van der Waals surface area (Å²) in [6.07, 6.45) is 4.87. The summed E-state index contributed by atoms with van der Waals surface area (Å²) < 4.78 is 10.5. The first-order valence-electron chi connectivity index (χ1n) is 10.9. The fraction of sp³-hybridized carbons (Fsp3) is 0.375. The van der Waals surface area contributed by atoms with Crippen LogP contribution in [0.1, 0.15) is 57.8 Å². The molecule has 0 spiro atoms. The van der Waals surface area contributed by atoms with Gasteiger partial charge in [-0.3, -0.25) is 14.8 Å². The number of nitrogens with zero attached hydrogens (tertiary/aromatic N) is 2. The van der Waals surface area contributed by atoms with E-state index in [0.717, 1.165) is 29.7 Å². The van der Waals surface area contributed by atoms with Crippen molar-refractivity contribution in [2.24, 2.45) is 5.92 Å². The maximum absolute atomic E-state index is 13.1. The fourth-order valence-corrected chi connectivity index (χ4v) is 5.42. The lowest BCUT2D eigenvalue weighted by Crippen LogP contribution is -2.32. The number of esters is 2. The second-order valence-corrected chi connectivity index (χ2v) is 9.17. The van der Waals surface area contributed by atoms with Crippen molar-refractivity contribution in [1.29, 1.82) is 0 Å². The third-order valence-electron chi connectivity index (χ3n) is 5.77. The van der Waals surface area contributed by atoms with Gasteiger partial charge in [0.25, 0.3) is 5.91 Å². The number of nitrogens with one attached hydrogen (secondary N) is 1. The minimum absolute atomic E-state index is 0.239. The highest BCUT2D eigenvalue weighted by molar-refractivity contribution is 7.17. The number of thiophene rings is 1. The number of aromatic nitrogens is 2. The Labute approximate surface area is 195 Å². The minimum Gasteiger partial charge on any atom is -0.465 e. The smallest absolute Gasteiger partial charge is 0.341 e. The molecule has 0 saturated carbocycles. The predicted molar refractivity (Wildman–Crippen MR) is 125 cm³/mol. The van der Waals surface area contributed by atoms with E-state index in [1.807, 2.05) is 0 Å². The van der Waals surface area contributed by atoms with E-state index in [4.69, 9.17) is 9.47 Å². The molecule has 0 saturated heterocycles. The van der Waals surface area contributed by atoms with Crippen LogP contribution in [0, 0.1) is 5.92 Å². The molecule has 2 aromatic heterocycles. The molecular weight excluding hydrogens is 442 g/mol. The number of anilines is 1. The van der Waals surface area contributed by atoms with Gasteiger partial charge in [0.1, 0.15) is 10.5 Å². The zero-order chi connectivity index (χ0) is 23.5. The molecule has 1 N–H and O–H groups in total. The lowest BCUT2D eigenvalue weighted by molar-refractivity contribution is -0.124. The maximum Gasteiger partial charge on any atom is 0.341 e. The summed E-state index contributed by atoms with van der Waals surface area (Å²) in [5.74, 6) is -1.11. The van der Waals surface area contributed by atoms with Gasteiger partial charge in [-0.05, 0) is 49.3 Å². The molecule has 0 radical (unpaired) electrons. The number of amides is 1. The Kier molecular flexibility index (Phi) is 6.69. The van der Waals surface area contributed by atoms with Crippen molar-refractivity contribution < 1.29 is 23.9 Å². The van der Waals surface area contributed by atoms with Gasteiger partial charge in [-0.2, -0.15) is 0 Å². The monoisotopic (exact) mass is 467 g/mol. The molecule has 0 bridgehead atoms. The number of carbonyl (C=O) groups excluding carboxylic acids is 3. The number of carbonyl (C=O) groups is 3. The van der Waals surface area contributed by atoms with Crippen LogP contribution < -0.4 is 5.32 Å². The van der Waals surface area contributed by atoms with Crippen LogP contribution in [0.3, 0.4) is 0 Å². The molecule has 1 aromatic carbocycles. The van der Waals surface area contributed by atoms with Gasteiger partial charge in [-0.1, -0.05) is 19.9 Å². The zero-order valence-electron chi connectivity index (χ0n) is 18.7. The van der Waals surface area contributed by atoms with Gasteiger partial charge >= 0.3 is 11.9 Å². The van der Waals surface area contributed by atoms with Crippen LogP contribution >= 0.6 is 11.3 Å². The molecule has 172 valence electrons. The van der Waals surface area contributed by atoms with Gasteiger partial charge in [0.15, 0.2) is 6.10 Å². The lowest BCUT2D eigenvalue weighted by Gasteiger charge is -2.18. The molecule has 1 aliphatic carbocycles. The second kappa shape index (κ2) is 9.66. The fourth-order valence-electron chi connectivity index (χ4n) is 4.02. The van der Waals surface area contributed by atoms with Gasteiger partial charge in [0.05, 0.1) is 23.8 Å². The van der Waals surface area contributed by atoms with Crippen molar-refractivity contribution in [2.45, 2.75) is 45.6 Å². The van der Waals surface area contributed by atoms with Gasteiger partial charge < -0.3 is 14.8 Å². The number of methoxy groups -OCH3 is 1. The van der Waals surface area contributed by atoms with Gasteiger partial charge in [0.2, 0.25) is 0 Å². The first kappa shape index (κ1) is 22.8. The highest BCUT2D eigenvalue weighted by Gasteiger charge is 2.31. The van der Waals surface area contributed by atoms with Crippen molar-refractivity contribution in [3.8, 4) is 0 Å². The summed E-state index contributed by atoms with van der Waals surface area (Å²) in [5, 5.41) is 3.26. The summed E-state index contributed by atoms with van der Waals surface area (Å²) in [4.78, 5) is 47.9. The first-order valence-corrected chi connectivity index (χ1v) is 11.7. The topological polar surface area (TPSA) is 107 Å². The average molecular weight is 468 g/mol. The molecule has 33 heavy (non-hydrogen) atoms. The average Bonchev–Trinajstić information content (AvgIpc) is 3.17. The molecule has 2 unspecified atom stereocenters. The van der Waals surface area contributed by atoms with Crippen molar-refractivity contribution >= 4 is 45.2 Å². The number of hydrogen-bond donors (Lipinski definition) is 1. The molecule has 1 amide bonds. The number of fused-ring (bicyclic) bond motifs is 2. The Morgan fingerprint density at radius 2 is 2.00 bits per heavy atom. The largest absolute Gasteiger partial charge is 0.465 e. The molecule has 2 heterocycles. The summed E-state index contributed by atoms with van der Waals surface area (Å²) in [7, 11) is 1.33. The molecular formula is C24H25N3O5S. The molecule has 8 nitrogen and oxygen atoms in total. The van der Waals surface area contributed by atoms with Crippen molar-refractivity contribution in [3.63, 3.8) is 0 Å². The van der Waals surface area contributed by atoms with Crippen LogP contribution in [0.4, 0.5) is 5.00 Å². The Hall–Kier alpha value is -3.33. The second-order valence-electron chi connectivity index (χ2n) is 8.07. The van der Waals surface area contributed by atoms with E-state index in [1.165, 1.54) is 24.6 Å². The SMILES string of the molecule is CCC(OC(=O)c1cccc2nccnc12)C(=O)Nc1sc2c(c1C(=O)OC)CCC(C)C2. The van der Waals surface area contributed by atoms with E-state index in [9.17, 15) is 14.4 Å². The third-order valence-corrected chi connectivity index (χ3v) is 6.94. The van der Waals surface area contributed by atoms with Crippen molar-refractivity contribution in [3.05, 3.63) is 52.2 Å². The molecule has 2 atom stereocenters. The number of hydrogen-bond acceptors (Lipinski definition) is 8. The number of rotatable bonds is 6. The Morgan fingerprint density at radius 3 is 2.76 bits per heavy atom. The number of ether oxygens (including phenoxy) is 2. The summed E-state index contributed by atoms with van der Waals surface area (Å²) in [5.41, 5.74) is 2.56. The zero-order valence-corrected chi connectivity index (χ0v) is 19.5. The van der Waals surface area contributed by atoms with Crippen LogP contribution in [0.15, 0.2) is 30.6 Å². The molecule has 4 rings (SSSR count). The van der Waals surface area contributed by atoms with E-state index >= 15 is 0 Å². The summed E-state index contributed by atoms with van der Waals surface area (Å²) in [6, 6.07) is 5.03. The first-order chi connectivity index (χ1) is 15.9. The number of benzene rings is 1. The van der Waals surface area contributed by atoms with Crippen LogP contribution in [-0.4, -0.2) is 41.0 Å². The molecule has 0 aliphatic heterocycles. The van der Waals surface area contributed by atoms with Crippen molar-refractivity contribution in [2.75, 3.05) is 12.4 Å². The highest BCUT2D eigenvalue weighted by atomic mass is 32.1. The van der Waals surface area contributed by atoms with Crippen LogP contribution in [0.5, 0.6) is 0 Å². The van der Waals surface area contributed by atoms with Crippen LogP contribution in [0.25, 0.3) is 11.0 Å². The molecule has 0 fully saturated rings. The molecule has 9 heteroatoms. The summed E-state index contributed by atoms with van der Waals surface area (Å²) in [6.45, 7) is 3.92. The van der Waals surface area contributed by atoms with E-state index in [1.54, 1.807) is 31.3 Å². The Morgan fingerprint density at radius 1 is 1.21 bits per heavy atom. The van der Waals surface area contributed by atoms with Gasteiger partial charge in [0, 0.05) is 17.3 Å². The Bertz CT molecular complexity index is 1220.